The Morgan fingerprint density at radius 3 is 2.75 bits per heavy atom. The molecule has 1 saturated heterocycles. The smallest absolute Gasteiger partial charge is 0.0431 e. The molecular weight excluding hydrogens is 152 g/mol. The highest BCUT2D eigenvalue weighted by atomic mass is 15.2. The van der Waals surface area contributed by atoms with Crippen LogP contribution in [0.3, 0.4) is 0 Å². The van der Waals surface area contributed by atoms with Crippen molar-refractivity contribution in [3.8, 4) is 0 Å². The van der Waals surface area contributed by atoms with Crippen molar-refractivity contribution in [2.24, 2.45) is 15.9 Å². The summed E-state index contributed by atoms with van der Waals surface area (Å²) in [4.78, 5) is 2.30. The van der Waals surface area contributed by atoms with Crippen molar-refractivity contribution >= 4 is 11.9 Å². The van der Waals surface area contributed by atoms with E-state index in [2.05, 4.69) is 22.2 Å². The standard InChI is InChI=1S/C8H16N4/c1-12-6-2-8(3-7-12)11-10-5-4-9/h5H,2-4,6-7,9H2,1H3/b10-5+. The Morgan fingerprint density at radius 2 is 2.17 bits per heavy atom. The summed E-state index contributed by atoms with van der Waals surface area (Å²) in [5.74, 6) is 0. The fraction of sp³-hybridized carbons (Fsp3) is 0.750. The molecule has 0 spiro atoms. The van der Waals surface area contributed by atoms with E-state index in [9.17, 15) is 0 Å². The van der Waals surface area contributed by atoms with Crippen LogP contribution in [0.15, 0.2) is 10.2 Å². The summed E-state index contributed by atoms with van der Waals surface area (Å²) in [7, 11) is 2.12. The minimum Gasteiger partial charge on any atom is -0.326 e. The van der Waals surface area contributed by atoms with Crippen molar-refractivity contribution in [1.29, 1.82) is 0 Å². The molecule has 0 unspecified atom stereocenters. The lowest BCUT2D eigenvalue weighted by atomic mass is 10.1. The van der Waals surface area contributed by atoms with E-state index >= 15 is 0 Å². The van der Waals surface area contributed by atoms with Crippen molar-refractivity contribution in [2.45, 2.75) is 12.8 Å². The molecule has 4 heteroatoms. The zero-order valence-electron chi connectivity index (χ0n) is 7.53. The Morgan fingerprint density at radius 1 is 1.50 bits per heavy atom. The molecule has 1 aliphatic heterocycles. The van der Waals surface area contributed by atoms with Gasteiger partial charge in [-0.15, -0.1) is 0 Å². The SMILES string of the molecule is CN1CCC(=N/N=C/CN)CC1. The zero-order valence-corrected chi connectivity index (χ0v) is 7.53. The van der Waals surface area contributed by atoms with Gasteiger partial charge in [-0.25, -0.2) is 0 Å². The molecule has 0 bridgehead atoms. The third-order valence-corrected chi connectivity index (χ3v) is 1.95. The Balaban J connectivity index is 2.33. The van der Waals surface area contributed by atoms with Crippen molar-refractivity contribution < 1.29 is 0 Å². The summed E-state index contributed by atoms with van der Waals surface area (Å²) in [6, 6.07) is 0. The van der Waals surface area contributed by atoms with Gasteiger partial charge in [0.15, 0.2) is 0 Å². The van der Waals surface area contributed by atoms with Gasteiger partial charge in [0.05, 0.1) is 0 Å². The van der Waals surface area contributed by atoms with Crippen LogP contribution in [0.25, 0.3) is 0 Å². The summed E-state index contributed by atoms with van der Waals surface area (Å²) in [6.07, 6.45) is 3.71. The summed E-state index contributed by atoms with van der Waals surface area (Å²) in [5.41, 5.74) is 6.43. The Kier molecular flexibility index (Phi) is 3.90. The second-order valence-electron chi connectivity index (χ2n) is 3.00. The highest BCUT2D eigenvalue weighted by molar-refractivity contribution is 5.85. The number of piperidine rings is 1. The van der Waals surface area contributed by atoms with Crippen molar-refractivity contribution in [3.05, 3.63) is 0 Å². The Bertz CT molecular complexity index is 175. The first-order chi connectivity index (χ1) is 5.83. The highest BCUT2D eigenvalue weighted by Gasteiger charge is 2.10. The summed E-state index contributed by atoms with van der Waals surface area (Å²) in [5, 5.41) is 7.94. The lowest BCUT2D eigenvalue weighted by molar-refractivity contribution is 0.336. The van der Waals surface area contributed by atoms with Crippen LogP contribution in [0.5, 0.6) is 0 Å². The third kappa shape index (κ3) is 3.11. The molecule has 0 radical (unpaired) electrons. The van der Waals surface area contributed by atoms with Gasteiger partial charge in [0.1, 0.15) is 0 Å². The van der Waals surface area contributed by atoms with Gasteiger partial charge in [-0.1, -0.05) is 0 Å². The fourth-order valence-electron chi connectivity index (χ4n) is 1.15. The van der Waals surface area contributed by atoms with Crippen LogP contribution in [0.2, 0.25) is 0 Å². The van der Waals surface area contributed by atoms with E-state index in [1.54, 1.807) is 6.21 Å². The van der Waals surface area contributed by atoms with E-state index in [4.69, 9.17) is 5.73 Å². The number of rotatable bonds is 2. The van der Waals surface area contributed by atoms with Gasteiger partial charge in [-0.2, -0.15) is 10.2 Å². The molecule has 1 aliphatic rings. The second kappa shape index (κ2) is 5.00. The average Bonchev–Trinajstić information content (AvgIpc) is 2.09. The van der Waals surface area contributed by atoms with Crippen LogP contribution in [0, 0.1) is 0 Å². The maximum atomic E-state index is 5.24. The molecule has 1 heterocycles. The fourth-order valence-corrected chi connectivity index (χ4v) is 1.15. The average molecular weight is 168 g/mol. The molecule has 4 nitrogen and oxygen atoms in total. The van der Waals surface area contributed by atoms with E-state index in [0.717, 1.165) is 25.9 Å². The van der Waals surface area contributed by atoms with Crippen LogP contribution in [-0.4, -0.2) is 43.5 Å². The van der Waals surface area contributed by atoms with Crippen LogP contribution in [0.1, 0.15) is 12.8 Å². The van der Waals surface area contributed by atoms with E-state index in [1.807, 2.05) is 0 Å². The van der Waals surface area contributed by atoms with Gasteiger partial charge in [0, 0.05) is 44.4 Å². The molecule has 1 rings (SSSR count). The number of nitrogens with zero attached hydrogens (tertiary/aromatic N) is 3. The molecule has 68 valence electrons. The zero-order chi connectivity index (χ0) is 8.81. The van der Waals surface area contributed by atoms with Crippen molar-refractivity contribution in [2.75, 3.05) is 26.7 Å². The second-order valence-corrected chi connectivity index (χ2v) is 3.00. The quantitative estimate of drug-likeness (QED) is 0.469. The lowest BCUT2D eigenvalue weighted by Crippen LogP contribution is -2.30. The molecule has 0 saturated carbocycles. The van der Waals surface area contributed by atoms with Gasteiger partial charge in [-0.3, -0.25) is 0 Å². The first-order valence-electron chi connectivity index (χ1n) is 4.29. The molecule has 0 atom stereocenters. The molecule has 0 aromatic rings. The number of nitrogens with two attached hydrogens (primary N) is 1. The third-order valence-electron chi connectivity index (χ3n) is 1.95. The molecule has 0 aromatic heterocycles. The number of hydrogen-bond acceptors (Lipinski definition) is 4. The molecule has 2 N–H and O–H groups in total. The predicted molar refractivity (Wildman–Crippen MR) is 51.7 cm³/mol. The van der Waals surface area contributed by atoms with Crippen LogP contribution in [0.4, 0.5) is 0 Å². The van der Waals surface area contributed by atoms with Gasteiger partial charge >= 0.3 is 0 Å². The maximum Gasteiger partial charge on any atom is 0.0431 e. The normalized spacial score (nSPS) is 20.3. The number of likely N-dealkylation sites (tertiary alicyclic amines) is 1. The van der Waals surface area contributed by atoms with Crippen molar-refractivity contribution in [3.63, 3.8) is 0 Å². The van der Waals surface area contributed by atoms with Gasteiger partial charge in [-0.05, 0) is 7.05 Å². The van der Waals surface area contributed by atoms with Crippen LogP contribution in [-0.2, 0) is 0 Å². The van der Waals surface area contributed by atoms with Gasteiger partial charge in [0.2, 0.25) is 0 Å². The molecule has 0 aromatic carbocycles. The summed E-state index contributed by atoms with van der Waals surface area (Å²) in [6.45, 7) is 2.66. The summed E-state index contributed by atoms with van der Waals surface area (Å²) < 4.78 is 0. The Labute approximate surface area is 73.1 Å². The molecule has 0 amide bonds. The van der Waals surface area contributed by atoms with Crippen molar-refractivity contribution in [1.82, 2.24) is 4.90 Å². The minimum atomic E-state index is 0.469. The number of hydrogen-bond donors (Lipinski definition) is 1. The molecule has 0 aliphatic carbocycles. The van der Waals surface area contributed by atoms with Crippen LogP contribution >= 0.6 is 0 Å². The molecule has 12 heavy (non-hydrogen) atoms. The first-order valence-corrected chi connectivity index (χ1v) is 4.29. The molecule has 1 fully saturated rings. The van der Waals surface area contributed by atoms with E-state index in [-0.39, 0.29) is 0 Å². The maximum absolute atomic E-state index is 5.24. The van der Waals surface area contributed by atoms with Gasteiger partial charge < -0.3 is 10.6 Å². The first kappa shape index (κ1) is 9.35. The molecular formula is C8H16N4. The van der Waals surface area contributed by atoms with E-state index in [1.165, 1.54) is 5.71 Å². The largest absolute Gasteiger partial charge is 0.326 e. The topological polar surface area (TPSA) is 54.0 Å². The van der Waals surface area contributed by atoms with Gasteiger partial charge in [0.25, 0.3) is 0 Å². The Hall–Kier alpha value is -0.740. The van der Waals surface area contributed by atoms with Crippen LogP contribution < -0.4 is 5.73 Å². The monoisotopic (exact) mass is 168 g/mol. The highest BCUT2D eigenvalue weighted by Crippen LogP contribution is 2.04. The lowest BCUT2D eigenvalue weighted by Gasteiger charge is -2.22. The predicted octanol–water partition coefficient (Wildman–Crippen LogP) is 0.0975. The van der Waals surface area contributed by atoms with E-state index < -0.39 is 0 Å². The summed E-state index contributed by atoms with van der Waals surface area (Å²) >= 11 is 0. The van der Waals surface area contributed by atoms with E-state index in [0.29, 0.717) is 6.54 Å². The minimum absolute atomic E-state index is 0.469.